The Kier molecular flexibility index (Phi) is 6.99. The molecule has 1 N–H and O–H groups in total. The van der Waals surface area contributed by atoms with Gasteiger partial charge in [0.25, 0.3) is 0 Å². The number of hydrogen-bond acceptors (Lipinski definition) is 2. The van der Waals surface area contributed by atoms with Crippen molar-refractivity contribution in [1.82, 2.24) is 10.2 Å². The van der Waals surface area contributed by atoms with E-state index in [1.54, 1.807) is 11.9 Å². The van der Waals surface area contributed by atoms with Crippen molar-refractivity contribution in [2.24, 2.45) is 5.92 Å². The van der Waals surface area contributed by atoms with Gasteiger partial charge in [0.15, 0.2) is 0 Å². The first-order valence-corrected chi connectivity index (χ1v) is 5.70. The number of hydrogen-bond donors (Lipinski definition) is 1. The predicted octanol–water partition coefficient (Wildman–Crippen LogP) is 2.50. The fourth-order valence-electron chi connectivity index (χ4n) is 1.26. The third-order valence-corrected chi connectivity index (χ3v) is 2.49. The lowest BCUT2D eigenvalue weighted by Crippen LogP contribution is -2.40. The standard InChI is InChI=1S/C11H23F3N2/c1-9(2)7-15-8-10(3)16(4)6-5-11(12,13)14/h9-10,15H,5-8H2,1-4H3. The van der Waals surface area contributed by atoms with E-state index >= 15 is 0 Å². The summed E-state index contributed by atoms with van der Waals surface area (Å²) >= 11 is 0. The highest BCUT2D eigenvalue weighted by molar-refractivity contribution is 4.68. The van der Waals surface area contributed by atoms with E-state index in [1.165, 1.54) is 0 Å². The van der Waals surface area contributed by atoms with Crippen LogP contribution < -0.4 is 5.32 Å². The summed E-state index contributed by atoms with van der Waals surface area (Å²) < 4.78 is 36.0. The van der Waals surface area contributed by atoms with Crippen LogP contribution in [0.2, 0.25) is 0 Å². The SMILES string of the molecule is CC(C)CNCC(C)N(C)CCC(F)(F)F. The van der Waals surface area contributed by atoms with Crippen LogP contribution in [0.25, 0.3) is 0 Å². The number of nitrogens with zero attached hydrogens (tertiary/aromatic N) is 1. The molecule has 0 aliphatic carbocycles. The third-order valence-electron chi connectivity index (χ3n) is 2.49. The zero-order valence-corrected chi connectivity index (χ0v) is 10.6. The molecule has 5 heteroatoms. The molecule has 0 heterocycles. The van der Waals surface area contributed by atoms with Crippen LogP contribution in [0, 0.1) is 5.92 Å². The molecule has 0 radical (unpaired) electrons. The van der Waals surface area contributed by atoms with Crippen molar-refractivity contribution in [3.8, 4) is 0 Å². The molecule has 0 saturated heterocycles. The highest BCUT2D eigenvalue weighted by atomic mass is 19.4. The van der Waals surface area contributed by atoms with Gasteiger partial charge in [-0.3, -0.25) is 0 Å². The fourth-order valence-corrected chi connectivity index (χ4v) is 1.26. The van der Waals surface area contributed by atoms with Gasteiger partial charge in [-0.05, 0) is 26.4 Å². The quantitative estimate of drug-likeness (QED) is 0.735. The van der Waals surface area contributed by atoms with Crippen LogP contribution in [-0.2, 0) is 0 Å². The largest absolute Gasteiger partial charge is 0.390 e. The van der Waals surface area contributed by atoms with Gasteiger partial charge in [0.2, 0.25) is 0 Å². The van der Waals surface area contributed by atoms with Crippen molar-refractivity contribution in [2.45, 2.75) is 39.4 Å². The van der Waals surface area contributed by atoms with E-state index in [1.807, 2.05) is 6.92 Å². The summed E-state index contributed by atoms with van der Waals surface area (Å²) in [4.78, 5) is 1.74. The van der Waals surface area contributed by atoms with Gasteiger partial charge >= 0.3 is 6.18 Å². The summed E-state index contributed by atoms with van der Waals surface area (Å²) in [6, 6.07) is 0.126. The highest BCUT2D eigenvalue weighted by Crippen LogP contribution is 2.19. The van der Waals surface area contributed by atoms with Gasteiger partial charge in [-0.1, -0.05) is 13.8 Å². The molecular formula is C11H23F3N2. The maximum Gasteiger partial charge on any atom is 0.390 e. The molecular weight excluding hydrogens is 217 g/mol. The maximum atomic E-state index is 12.0. The molecule has 98 valence electrons. The summed E-state index contributed by atoms with van der Waals surface area (Å²) in [6.45, 7) is 7.83. The van der Waals surface area contributed by atoms with E-state index in [0.29, 0.717) is 5.92 Å². The number of rotatable bonds is 7. The summed E-state index contributed by atoms with van der Waals surface area (Å²) in [6.07, 6.45) is -4.79. The van der Waals surface area contributed by atoms with Gasteiger partial charge in [-0.15, -0.1) is 0 Å². The zero-order chi connectivity index (χ0) is 12.8. The van der Waals surface area contributed by atoms with Gasteiger partial charge in [0, 0.05) is 19.1 Å². The molecule has 2 nitrogen and oxygen atoms in total. The normalized spacial score (nSPS) is 14.8. The molecule has 0 saturated carbocycles. The Morgan fingerprint density at radius 3 is 2.12 bits per heavy atom. The number of nitrogens with one attached hydrogen (secondary N) is 1. The van der Waals surface area contributed by atoms with Crippen LogP contribution in [-0.4, -0.2) is 43.8 Å². The van der Waals surface area contributed by atoms with Crippen molar-refractivity contribution in [1.29, 1.82) is 0 Å². The average Bonchev–Trinajstić information content (AvgIpc) is 2.12. The van der Waals surface area contributed by atoms with Gasteiger partial charge in [0.05, 0.1) is 6.42 Å². The average molecular weight is 240 g/mol. The Bertz CT molecular complexity index is 181. The Balaban J connectivity index is 3.69. The molecule has 1 atom stereocenters. The molecule has 0 aromatic carbocycles. The van der Waals surface area contributed by atoms with Crippen molar-refractivity contribution in [3.05, 3.63) is 0 Å². The summed E-state index contributed by atoms with van der Waals surface area (Å²) in [5.41, 5.74) is 0. The second-order valence-electron chi connectivity index (χ2n) is 4.75. The maximum absolute atomic E-state index is 12.0. The van der Waals surface area contributed by atoms with Crippen LogP contribution in [0.1, 0.15) is 27.2 Å². The Hall–Kier alpha value is -0.290. The summed E-state index contributed by atoms with van der Waals surface area (Å²) in [7, 11) is 1.73. The molecule has 0 fully saturated rings. The van der Waals surface area contributed by atoms with Gasteiger partial charge in [0.1, 0.15) is 0 Å². The van der Waals surface area contributed by atoms with Gasteiger partial charge in [-0.2, -0.15) is 13.2 Å². The number of alkyl halides is 3. The third kappa shape index (κ3) is 8.97. The van der Waals surface area contributed by atoms with E-state index in [2.05, 4.69) is 19.2 Å². The molecule has 0 spiro atoms. The lowest BCUT2D eigenvalue weighted by Gasteiger charge is -2.25. The minimum absolute atomic E-state index is 0.0635. The summed E-state index contributed by atoms with van der Waals surface area (Å²) in [5.74, 6) is 0.563. The molecule has 0 rings (SSSR count). The molecule has 0 aliphatic heterocycles. The summed E-state index contributed by atoms with van der Waals surface area (Å²) in [5, 5.41) is 3.24. The molecule has 0 aromatic heterocycles. The second kappa shape index (κ2) is 7.12. The fraction of sp³-hybridized carbons (Fsp3) is 1.00. The van der Waals surface area contributed by atoms with E-state index in [0.717, 1.165) is 13.1 Å². The predicted molar refractivity (Wildman–Crippen MR) is 60.5 cm³/mol. The van der Waals surface area contributed by atoms with Crippen LogP contribution >= 0.6 is 0 Å². The Morgan fingerprint density at radius 1 is 1.12 bits per heavy atom. The van der Waals surface area contributed by atoms with Crippen LogP contribution in [0.3, 0.4) is 0 Å². The van der Waals surface area contributed by atoms with Crippen molar-refractivity contribution >= 4 is 0 Å². The first kappa shape index (κ1) is 15.7. The van der Waals surface area contributed by atoms with Crippen molar-refractivity contribution < 1.29 is 13.2 Å². The number of halogens is 3. The zero-order valence-electron chi connectivity index (χ0n) is 10.6. The Morgan fingerprint density at radius 2 is 1.69 bits per heavy atom. The Labute approximate surface area is 96.2 Å². The number of likely N-dealkylation sites (N-methyl/N-ethyl adjacent to an activating group) is 1. The molecule has 0 bridgehead atoms. The smallest absolute Gasteiger partial charge is 0.315 e. The molecule has 0 amide bonds. The van der Waals surface area contributed by atoms with E-state index in [4.69, 9.17) is 0 Å². The minimum Gasteiger partial charge on any atom is -0.315 e. The monoisotopic (exact) mass is 240 g/mol. The first-order chi connectivity index (χ1) is 7.22. The van der Waals surface area contributed by atoms with E-state index < -0.39 is 12.6 Å². The van der Waals surface area contributed by atoms with Crippen LogP contribution in [0.15, 0.2) is 0 Å². The lowest BCUT2D eigenvalue weighted by molar-refractivity contribution is -0.138. The second-order valence-corrected chi connectivity index (χ2v) is 4.75. The molecule has 16 heavy (non-hydrogen) atoms. The van der Waals surface area contributed by atoms with Crippen molar-refractivity contribution in [2.75, 3.05) is 26.7 Å². The van der Waals surface area contributed by atoms with E-state index in [9.17, 15) is 13.2 Å². The van der Waals surface area contributed by atoms with E-state index in [-0.39, 0.29) is 12.6 Å². The first-order valence-electron chi connectivity index (χ1n) is 5.70. The van der Waals surface area contributed by atoms with Crippen LogP contribution in [0.4, 0.5) is 13.2 Å². The van der Waals surface area contributed by atoms with Gasteiger partial charge in [-0.25, -0.2) is 0 Å². The minimum atomic E-state index is -4.06. The van der Waals surface area contributed by atoms with Crippen molar-refractivity contribution in [3.63, 3.8) is 0 Å². The van der Waals surface area contributed by atoms with Gasteiger partial charge < -0.3 is 10.2 Å². The topological polar surface area (TPSA) is 15.3 Å². The highest BCUT2D eigenvalue weighted by Gasteiger charge is 2.27. The molecule has 0 aliphatic rings. The van der Waals surface area contributed by atoms with Crippen LogP contribution in [0.5, 0.6) is 0 Å². The molecule has 1 unspecified atom stereocenters. The molecule has 0 aromatic rings. The lowest BCUT2D eigenvalue weighted by atomic mass is 10.2.